The molecule has 0 aliphatic carbocycles. The van der Waals surface area contributed by atoms with Crippen molar-refractivity contribution in [1.29, 1.82) is 0 Å². The Morgan fingerprint density at radius 2 is 1.53 bits per heavy atom. The average molecular weight is 490 g/mol. The minimum absolute atomic E-state index is 0. The predicted molar refractivity (Wildman–Crippen MR) is 145 cm³/mol. The molecule has 0 heterocycles. The molecule has 0 aromatic heterocycles. The van der Waals surface area contributed by atoms with Crippen LogP contribution in [0.3, 0.4) is 0 Å². The summed E-state index contributed by atoms with van der Waals surface area (Å²) >= 11 is 0. The second-order valence-electron chi connectivity index (χ2n) is 9.57. The quantitative estimate of drug-likeness (QED) is 0.313. The van der Waals surface area contributed by atoms with Gasteiger partial charge in [0.25, 0.3) is 0 Å². The van der Waals surface area contributed by atoms with Crippen LogP contribution >= 0.6 is 12.4 Å². The van der Waals surface area contributed by atoms with E-state index in [1.807, 2.05) is 56.3 Å². The van der Waals surface area contributed by atoms with Crippen LogP contribution in [0.15, 0.2) is 42.5 Å². The fourth-order valence-electron chi connectivity index (χ4n) is 4.03. The maximum absolute atomic E-state index is 12.9. The van der Waals surface area contributed by atoms with Gasteiger partial charge < -0.3 is 20.6 Å². The molecule has 1 unspecified atom stereocenters. The Hall–Kier alpha value is -2.73. The van der Waals surface area contributed by atoms with Crippen LogP contribution in [0.4, 0.5) is 21.9 Å². The first-order chi connectivity index (χ1) is 15.6. The van der Waals surface area contributed by atoms with E-state index in [0.29, 0.717) is 23.9 Å². The van der Waals surface area contributed by atoms with Crippen LogP contribution in [-0.4, -0.2) is 30.2 Å². The number of anilines is 3. The van der Waals surface area contributed by atoms with E-state index in [4.69, 9.17) is 0 Å². The number of urea groups is 1. The topological polar surface area (TPSA) is 81.7 Å². The number of nitrogens with one attached hydrogen (secondary N) is 2. The number of hydrogen-bond donors (Lipinski definition) is 3. The lowest BCUT2D eigenvalue weighted by Gasteiger charge is -2.31. The molecular formula is C27H40ClN3O3. The van der Waals surface area contributed by atoms with Crippen molar-refractivity contribution in [1.82, 2.24) is 0 Å². The lowest BCUT2D eigenvalue weighted by atomic mass is 9.92. The molecule has 34 heavy (non-hydrogen) atoms. The SMILES string of the molecule is CCC(CC(=O)O)c1ccc(N(CC(C)C)CC(C)C)c(NC(=O)Nc2ccccc2C)c1.Cl. The van der Waals surface area contributed by atoms with Crippen molar-refractivity contribution >= 4 is 41.5 Å². The molecule has 188 valence electrons. The lowest BCUT2D eigenvalue weighted by Crippen LogP contribution is -2.32. The summed E-state index contributed by atoms with van der Waals surface area (Å²) in [6, 6.07) is 13.3. The second kappa shape index (κ2) is 13.9. The molecule has 0 aliphatic rings. The first-order valence-electron chi connectivity index (χ1n) is 11.8. The number of halogens is 1. The average Bonchev–Trinajstić information content (AvgIpc) is 2.72. The van der Waals surface area contributed by atoms with Crippen LogP contribution in [0.5, 0.6) is 0 Å². The summed E-state index contributed by atoms with van der Waals surface area (Å²) in [5.41, 5.74) is 4.31. The van der Waals surface area contributed by atoms with E-state index in [0.717, 1.165) is 35.6 Å². The van der Waals surface area contributed by atoms with E-state index < -0.39 is 5.97 Å². The largest absolute Gasteiger partial charge is 0.481 e. The molecule has 0 fully saturated rings. The number of carboxylic acid groups (broad SMARTS) is 1. The number of carbonyl (C=O) groups is 2. The highest BCUT2D eigenvalue weighted by Gasteiger charge is 2.20. The zero-order valence-electron chi connectivity index (χ0n) is 21.2. The summed E-state index contributed by atoms with van der Waals surface area (Å²) in [5, 5.41) is 15.3. The molecule has 1 atom stereocenters. The van der Waals surface area contributed by atoms with E-state index >= 15 is 0 Å². The minimum Gasteiger partial charge on any atom is -0.481 e. The van der Waals surface area contributed by atoms with Gasteiger partial charge in [-0.1, -0.05) is 58.9 Å². The highest BCUT2D eigenvalue weighted by atomic mass is 35.5. The third-order valence-corrected chi connectivity index (χ3v) is 5.56. The highest BCUT2D eigenvalue weighted by Crippen LogP contribution is 2.33. The summed E-state index contributed by atoms with van der Waals surface area (Å²) in [6.07, 6.45) is 0.772. The molecule has 2 aromatic carbocycles. The smallest absolute Gasteiger partial charge is 0.323 e. The molecule has 6 nitrogen and oxygen atoms in total. The van der Waals surface area contributed by atoms with Gasteiger partial charge in [0.1, 0.15) is 0 Å². The van der Waals surface area contributed by atoms with Crippen molar-refractivity contribution in [3.8, 4) is 0 Å². The van der Waals surface area contributed by atoms with Gasteiger partial charge in [0.15, 0.2) is 0 Å². The van der Waals surface area contributed by atoms with Crippen LogP contribution in [0, 0.1) is 18.8 Å². The molecule has 3 N–H and O–H groups in total. The van der Waals surface area contributed by atoms with Crippen molar-refractivity contribution < 1.29 is 14.7 Å². The maximum Gasteiger partial charge on any atom is 0.323 e. The van der Waals surface area contributed by atoms with Crippen molar-refractivity contribution in [2.75, 3.05) is 28.6 Å². The lowest BCUT2D eigenvalue weighted by molar-refractivity contribution is -0.137. The third kappa shape index (κ3) is 8.90. The van der Waals surface area contributed by atoms with Crippen LogP contribution in [0.2, 0.25) is 0 Å². The Morgan fingerprint density at radius 3 is 2.06 bits per heavy atom. The number of amides is 2. The van der Waals surface area contributed by atoms with Gasteiger partial charge in [-0.15, -0.1) is 12.4 Å². The van der Waals surface area contributed by atoms with Gasteiger partial charge in [0.05, 0.1) is 17.8 Å². The van der Waals surface area contributed by atoms with E-state index in [1.54, 1.807) is 0 Å². The van der Waals surface area contributed by atoms with Crippen LogP contribution in [-0.2, 0) is 4.79 Å². The monoisotopic (exact) mass is 489 g/mol. The number of nitrogens with zero attached hydrogens (tertiary/aromatic N) is 1. The molecular weight excluding hydrogens is 450 g/mol. The summed E-state index contributed by atoms with van der Waals surface area (Å²) in [7, 11) is 0. The van der Waals surface area contributed by atoms with Gasteiger partial charge >= 0.3 is 12.0 Å². The number of aryl methyl sites for hydroxylation is 1. The number of carboxylic acids is 1. The van der Waals surface area contributed by atoms with Crippen molar-refractivity contribution in [3.63, 3.8) is 0 Å². The van der Waals surface area contributed by atoms with Crippen molar-refractivity contribution in [3.05, 3.63) is 53.6 Å². The highest BCUT2D eigenvalue weighted by molar-refractivity contribution is 6.02. The fourth-order valence-corrected chi connectivity index (χ4v) is 4.03. The van der Waals surface area contributed by atoms with Crippen molar-refractivity contribution in [2.45, 2.75) is 60.3 Å². The molecule has 2 rings (SSSR count). The summed E-state index contributed by atoms with van der Waals surface area (Å²) in [5.74, 6) is -0.0286. The van der Waals surface area contributed by atoms with E-state index in [9.17, 15) is 14.7 Å². The summed E-state index contributed by atoms with van der Waals surface area (Å²) in [6.45, 7) is 14.4. The van der Waals surface area contributed by atoms with Gasteiger partial charge in [-0.2, -0.15) is 0 Å². The fraction of sp³-hybridized carbons (Fsp3) is 0.481. The molecule has 0 bridgehead atoms. The standard InChI is InChI=1S/C27H39N3O3.ClH/c1-7-21(15-26(31)32)22-12-13-25(30(16-18(2)3)17-19(4)5)24(14-22)29-27(33)28-23-11-9-8-10-20(23)6;/h8-14,18-19,21H,7,15-17H2,1-6H3,(H,31,32)(H2,28,29,33);1H. The molecule has 7 heteroatoms. The maximum atomic E-state index is 12.9. The Bertz CT molecular complexity index is 936. The molecule has 0 aliphatic heterocycles. The van der Waals surface area contributed by atoms with Crippen LogP contribution in [0.25, 0.3) is 0 Å². The number of para-hydroxylation sites is 1. The third-order valence-electron chi connectivity index (χ3n) is 5.56. The number of hydrogen-bond acceptors (Lipinski definition) is 3. The van der Waals surface area contributed by atoms with Gasteiger partial charge in [0.2, 0.25) is 0 Å². The zero-order valence-corrected chi connectivity index (χ0v) is 22.0. The molecule has 0 saturated carbocycles. The molecule has 0 saturated heterocycles. The first-order valence-corrected chi connectivity index (χ1v) is 11.8. The minimum atomic E-state index is -0.820. The Labute approximate surface area is 210 Å². The molecule has 0 spiro atoms. The number of rotatable bonds is 11. The second-order valence-corrected chi connectivity index (χ2v) is 9.57. The van der Waals surface area contributed by atoms with Crippen LogP contribution in [0.1, 0.15) is 64.5 Å². The van der Waals surface area contributed by atoms with Crippen LogP contribution < -0.4 is 15.5 Å². The van der Waals surface area contributed by atoms with Gasteiger partial charge in [-0.3, -0.25) is 4.79 Å². The van der Waals surface area contributed by atoms with Gasteiger partial charge in [-0.05, 0) is 60.4 Å². The first kappa shape index (κ1) is 29.3. The van der Waals surface area contributed by atoms with Gasteiger partial charge in [0, 0.05) is 18.8 Å². The normalized spacial score (nSPS) is 11.6. The summed E-state index contributed by atoms with van der Waals surface area (Å²) in [4.78, 5) is 26.6. The molecule has 2 amide bonds. The van der Waals surface area contributed by atoms with E-state index in [2.05, 4.69) is 43.2 Å². The van der Waals surface area contributed by atoms with Crippen molar-refractivity contribution in [2.24, 2.45) is 11.8 Å². The van der Waals surface area contributed by atoms with E-state index in [1.165, 1.54) is 0 Å². The Balaban J connectivity index is 0.00000578. The Kier molecular flexibility index (Phi) is 11.9. The Morgan fingerprint density at radius 1 is 0.941 bits per heavy atom. The van der Waals surface area contributed by atoms with Gasteiger partial charge in [-0.25, -0.2) is 4.79 Å². The number of aliphatic carboxylic acids is 1. The van der Waals surface area contributed by atoms with E-state index in [-0.39, 0.29) is 30.8 Å². The summed E-state index contributed by atoms with van der Waals surface area (Å²) < 4.78 is 0. The molecule has 2 aromatic rings. The zero-order chi connectivity index (χ0) is 24.5. The predicted octanol–water partition coefficient (Wildman–Crippen LogP) is 7.15. The molecule has 0 radical (unpaired) electrons. The number of benzene rings is 2. The number of carbonyl (C=O) groups excluding carboxylic acids is 1.